The summed E-state index contributed by atoms with van der Waals surface area (Å²) in [5.41, 5.74) is 2.45. The van der Waals surface area contributed by atoms with Crippen LogP contribution >= 0.6 is 0 Å². The third kappa shape index (κ3) is 3.70. The van der Waals surface area contributed by atoms with Crippen molar-refractivity contribution >= 4 is 5.91 Å². The molecule has 122 valence electrons. The zero-order valence-corrected chi connectivity index (χ0v) is 13.2. The van der Waals surface area contributed by atoms with Gasteiger partial charge in [0.25, 0.3) is 5.91 Å². The van der Waals surface area contributed by atoms with Crippen LogP contribution in [-0.4, -0.2) is 27.4 Å². The van der Waals surface area contributed by atoms with Crippen LogP contribution in [0, 0.1) is 0 Å². The van der Waals surface area contributed by atoms with Gasteiger partial charge in [0, 0.05) is 24.6 Å². The fraction of sp³-hybridized carbons (Fsp3) is 0.158. The molecule has 5 nitrogen and oxygen atoms in total. The number of hydrogen-bond donors (Lipinski definition) is 2. The number of aromatic nitrogens is 2. The van der Waals surface area contributed by atoms with E-state index in [1.54, 1.807) is 23.0 Å². The van der Waals surface area contributed by atoms with E-state index in [1.807, 2.05) is 54.7 Å². The molecule has 0 radical (unpaired) electrons. The van der Waals surface area contributed by atoms with E-state index < -0.39 is 0 Å². The number of nitrogens with zero attached hydrogens (tertiary/aromatic N) is 2. The van der Waals surface area contributed by atoms with Gasteiger partial charge in [0.05, 0.1) is 11.7 Å². The van der Waals surface area contributed by atoms with Gasteiger partial charge in [-0.25, -0.2) is 4.68 Å². The minimum Gasteiger partial charge on any atom is -0.396 e. The molecule has 1 unspecified atom stereocenters. The molecule has 0 aliphatic carbocycles. The molecule has 1 atom stereocenters. The maximum absolute atomic E-state index is 12.5. The van der Waals surface area contributed by atoms with E-state index in [9.17, 15) is 9.90 Å². The smallest absolute Gasteiger partial charge is 0.251 e. The van der Waals surface area contributed by atoms with Gasteiger partial charge in [-0.1, -0.05) is 30.3 Å². The molecular formula is C19H19N3O2. The zero-order chi connectivity index (χ0) is 16.8. The molecule has 5 heteroatoms. The standard InChI is InChI=1S/C19H19N3O2/c23-14-11-18(15-5-2-1-3-6-15)21-19(24)16-7-9-17(10-8-16)22-13-4-12-20-22/h1-10,12-13,18,23H,11,14H2,(H,21,24). The first-order valence-corrected chi connectivity index (χ1v) is 7.84. The van der Waals surface area contributed by atoms with Crippen LogP contribution in [0.5, 0.6) is 0 Å². The molecule has 1 amide bonds. The minimum atomic E-state index is -0.213. The van der Waals surface area contributed by atoms with Gasteiger partial charge in [-0.2, -0.15) is 5.10 Å². The second-order valence-electron chi connectivity index (χ2n) is 5.45. The van der Waals surface area contributed by atoms with Crippen molar-refractivity contribution in [2.24, 2.45) is 0 Å². The Labute approximate surface area is 140 Å². The first-order valence-electron chi connectivity index (χ1n) is 7.84. The van der Waals surface area contributed by atoms with Gasteiger partial charge in [0.2, 0.25) is 0 Å². The van der Waals surface area contributed by atoms with Crippen LogP contribution in [0.2, 0.25) is 0 Å². The lowest BCUT2D eigenvalue weighted by Gasteiger charge is -2.18. The lowest BCUT2D eigenvalue weighted by molar-refractivity contribution is 0.0930. The van der Waals surface area contributed by atoms with Crippen LogP contribution in [-0.2, 0) is 0 Å². The molecule has 2 N–H and O–H groups in total. The second-order valence-corrected chi connectivity index (χ2v) is 5.45. The van der Waals surface area contributed by atoms with Crippen LogP contribution in [0.3, 0.4) is 0 Å². The molecule has 0 saturated heterocycles. The molecule has 24 heavy (non-hydrogen) atoms. The summed E-state index contributed by atoms with van der Waals surface area (Å²) in [6.07, 6.45) is 4.03. The predicted octanol–water partition coefficient (Wildman–Crippen LogP) is 2.73. The highest BCUT2D eigenvalue weighted by molar-refractivity contribution is 5.94. The Morgan fingerprint density at radius 1 is 1.08 bits per heavy atom. The van der Waals surface area contributed by atoms with Crippen LogP contribution < -0.4 is 5.32 Å². The van der Waals surface area contributed by atoms with Crippen molar-refractivity contribution < 1.29 is 9.90 Å². The lowest BCUT2D eigenvalue weighted by atomic mass is 10.0. The quantitative estimate of drug-likeness (QED) is 0.733. The summed E-state index contributed by atoms with van der Waals surface area (Å²) in [6, 6.07) is 18.5. The van der Waals surface area contributed by atoms with E-state index in [0.29, 0.717) is 12.0 Å². The van der Waals surface area contributed by atoms with Gasteiger partial charge in [0.1, 0.15) is 0 Å². The van der Waals surface area contributed by atoms with Crippen molar-refractivity contribution in [3.8, 4) is 5.69 Å². The second kappa shape index (κ2) is 7.57. The molecule has 0 fully saturated rings. The number of carbonyl (C=O) groups is 1. The summed E-state index contributed by atoms with van der Waals surface area (Å²) in [6.45, 7) is 0.0120. The monoisotopic (exact) mass is 321 g/mol. The number of hydrogen-bond acceptors (Lipinski definition) is 3. The average Bonchev–Trinajstić information content (AvgIpc) is 3.17. The van der Waals surface area contributed by atoms with Crippen LogP contribution in [0.25, 0.3) is 5.69 Å². The van der Waals surface area contributed by atoms with Crippen molar-refractivity contribution in [2.45, 2.75) is 12.5 Å². The van der Waals surface area contributed by atoms with Crippen molar-refractivity contribution in [1.29, 1.82) is 0 Å². The highest BCUT2D eigenvalue weighted by Crippen LogP contribution is 2.17. The number of aliphatic hydroxyl groups excluding tert-OH is 1. The molecule has 0 aliphatic rings. The van der Waals surface area contributed by atoms with Gasteiger partial charge in [-0.15, -0.1) is 0 Å². The van der Waals surface area contributed by atoms with E-state index >= 15 is 0 Å². The first kappa shape index (κ1) is 16.0. The first-order chi connectivity index (χ1) is 11.8. The Hall–Kier alpha value is -2.92. The van der Waals surface area contributed by atoms with E-state index in [1.165, 1.54) is 0 Å². The van der Waals surface area contributed by atoms with Crippen LogP contribution in [0.1, 0.15) is 28.4 Å². The van der Waals surface area contributed by atoms with E-state index in [2.05, 4.69) is 10.4 Å². The molecule has 0 spiro atoms. The van der Waals surface area contributed by atoms with E-state index in [-0.39, 0.29) is 18.6 Å². The fourth-order valence-corrected chi connectivity index (χ4v) is 2.57. The topological polar surface area (TPSA) is 67.2 Å². The molecule has 2 aromatic carbocycles. The van der Waals surface area contributed by atoms with Crippen molar-refractivity contribution in [2.75, 3.05) is 6.61 Å². The number of benzene rings is 2. The highest BCUT2D eigenvalue weighted by Gasteiger charge is 2.15. The Bertz CT molecular complexity index is 768. The lowest BCUT2D eigenvalue weighted by Crippen LogP contribution is -2.29. The minimum absolute atomic E-state index is 0.0120. The normalized spacial score (nSPS) is 11.9. The highest BCUT2D eigenvalue weighted by atomic mass is 16.3. The van der Waals surface area contributed by atoms with Gasteiger partial charge < -0.3 is 10.4 Å². The van der Waals surface area contributed by atoms with Crippen molar-refractivity contribution in [1.82, 2.24) is 15.1 Å². The van der Waals surface area contributed by atoms with Crippen molar-refractivity contribution in [3.05, 3.63) is 84.2 Å². The molecular weight excluding hydrogens is 302 g/mol. The molecule has 0 bridgehead atoms. The Balaban J connectivity index is 1.73. The summed E-state index contributed by atoms with van der Waals surface area (Å²) in [7, 11) is 0. The number of amides is 1. The van der Waals surface area contributed by atoms with Gasteiger partial charge >= 0.3 is 0 Å². The number of carbonyl (C=O) groups excluding carboxylic acids is 1. The Morgan fingerprint density at radius 2 is 1.83 bits per heavy atom. The molecule has 1 heterocycles. The zero-order valence-electron chi connectivity index (χ0n) is 13.2. The van der Waals surface area contributed by atoms with Gasteiger partial charge in [0.15, 0.2) is 0 Å². The summed E-state index contributed by atoms with van der Waals surface area (Å²) in [5, 5.41) is 16.4. The van der Waals surface area contributed by atoms with Crippen LogP contribution in [0.15, 0.2) is 73.1 Å². The van der Waals surface area contributed by atoms with E-state index in [4.69, 9.17) is 0 Å². The third-order valence-corrected chi connectivity index (χ3v) is 3.82. The van der Waals surface area contributed by atoms with Crippen LogP contribution in [0.4, 0.5) is 0 Å². The Morgan fingerprint density at radius 3 is 2.46 bits per heavy atom. The predicted molar refractivity (Wildman–Crippen MR) is 91.9 cm³/mol. The molecule has 3 aromatic rings. The summed E-state index contributed by atoms with van der Waals surface area (Å²) >= 11 is 0. The largest absolute Gasteiger partial charge is 0.396 e. The molecule has 0 saturated carbocycles. The fourth-order valence-electron chi connectivity index (χ4n) is 2.57. The van der Waals surface area contributed by atoms with E-state index in [0.717, 1.165) is 11.3 Å². The molecule has 1 aromatic heterocycles. The summed E-state index contributed by atoms with van der Waals surface area (Å²) in [5.74, 6) is -0.163. The third-order valence-electron chi connectivity index (χ3n) is 3.82. The maximum Gasteiger partial charge on any atom is 0.251 e. The number of rotatable bonds is 6. The average molecular weight is 321 g/mol. The summed E-state index contributed by atoms with van der Waals surface area (Å²) < 4.78 is 1.74. The Kier molecular flexibility index (Phi) is 5.03. The number of nitrogens with one attached hydrogen (secondary N) is 1. The molecule has 3 rings (SSSR count). The van der Waals surface area contributed by atoms with Gasteiger partial charge in [-0.3, -0.25) is 4.79 Å². The SMILES string of the molecule is O=C(NC(CCO)c1ccccc1)c1ccc(-n2cccn2)cc1. The summed E-state index contributed by atoms with van der Waals surface area (Å²) in [4.78, 5) is 12.5. The van der Waals surface area contributed by atoms with Gasteiger partial charge in [-0.05, 0) is 42.3 Å². The van der Waals surface area contributed by atoms with Crippen molar-refractivity contribution in [3.63, 3.8) is 0 Å². The maximum atomic E-state index is 12.5. The number of aliphatic hydroxyl groups is 1. The molecule has 0 aliphatic heterocycles.